The molecule has 0 spiro atoms. The van der Waals surface area contributed by atoms with Gasteiger partial charge in [-0.1, -0.05) is 13.8 Å². The Morgan fingerprint density at radius 2 is 2.31 bits per heavy atom. The third-order valence-electron chi connectivity index (χ3n) is 3.11. The quantitative estimate of drug-likeness (QED) is 0.842. The molecule has 0 radical (unpaired) electrons. The van der Waals surface area contributed by atoms with Crippen LogP contribution in [-0.2, 0) is 0 Å². The summed E-state index contributed by atoms with van der Waals surface area (Å²) < 4.78 is 1.17. The maximum Gasteiger partial charge on any atom is 0.0496 e. The van der Waals surface area contributed by atoms with Gasteiger partial charge in [-0.25, -0.2) is 0 Å². The van der Waals surface area contributed by atoms with Crippen LogP contribution in [0, 0.1) is 5.41 Å². The van der Waals surface area contributed by atoms with Crippen LogP contribution in [0.4, 0.5) is 0 Å². The SMILES string of the molecule is CCC(C)(CO)CNC(C)c1sccc1Br. The van der Waals surface area contributed by atoms with Gasteiger partial charge in [-0.3, -0.25) is 0 Å². The number of halogens is 1. The van der Waals surface area contributed by atoms with E-state index in [2.05, 4.69) is 53.5 Å². The first-order chi connectivity index (χ1) is 7.52. The van der Waals surface area contributed by atoms with Crippen LogP contribution in [0.3, 0.4) is 0 Å². The Hall–Kier alpha value is 0.100. The topological polar surface area (TPSA) is 32.3 Å². The van der Waals surface area contributed by atoms with E-state index >= 15 is 0 Å². The van der Waals surface area contributed by atoms with E-state index in [9.17, 15) is 5.11 Å². The Kier molecular flexibility index (Phi) is 5.44. The fraction of sp³-hybridized carbons (Fsp3) is 0.667. The van der Waals surface area contributed by atoms with Crippen molar-refractivity contribution in [2.24, 2.45) is 5.41 Å². The highest BCUT2D eigenvalue weighted by Gasteiger charge is 2.22. The van der Waals surface area contributed by atoms with Crippen LogP contribution >= 0.6 is 27.3 Å². The second-order valence-electron chi connectivity index (χ2n) is 4.56. The molecular weight excluding hydrogens is 286 g/mol. The van der Waals surface area contributed by atoms with Crippen molar-refractivity contribution in [3.05, 3.63) is 20.8 Å². The monoisotopic (exact) mass is 305 g/mol. The highest BCUT2D eigenvalue weighted by molar-refractivity contribution is 9.10. The fourth-order valence-electron chi connectivity index (χ4n) is 1.40. The number of hydrogen-bond acceptors (Lipinski definition) is 3. The summed E-state index contributed by atoms with van der Waals surface area (Å²) in [4.78, 5) is 1.32. The zero-order valence-electron chi connectivity index (χ0n) is 10.1. The van der Waals surface area contributed by atoms with Gasteiger partial charge in [0.05, 0.1) is 0 Å². The molecule has 1 rings (SSSR count). The van der Waals surface area contributed by atoms with Crippen LogP contribution in [0.2, 0.25) is 0 Å². The van der Waals surface area contributed by atoms with Gasteiger partial charge >= 0.3 is 0 Å². The molecule has 2 N–H and O–H groups in total. The Bertz CT molecular complexity index is 323. The van der Waals surface area contributed by atoms with Gasteiger partial charge in [0, 0.05) is 34.0 Å². The highest BCUT2D eigenvalue weighted by atomic mass is 79.9. The summed E-state index contributed by atoms with van der Waals surface area (Å²) in [6.45, 7) is 7.45. The van der Waals surface area contributed by atoms with Crippen LogP contribution in [0.5, 0.6) is 0 Å². The predicted octanol–water partition coefficient (Wildman–Crippen LogP) is 3.57. The van der Waals surface area contributed by atoms with E-state index in [1.54, 1.807) is 11.3 Å². The molecule has 2 unspecified atom stereocenters. The summed E-state index contributed by atoms with van der Waals surface area (Å²) in [5, 5.41) is 14.9. The second-order valence-corrected chi connectivity index (χ2v) is 6.36. The molecule has 0 aliphatic rings. The molecule has 0 saturated heterocycles. The lowest BCUT2D eigenvalue weighted by atomic mass is 9.88. The van der Waals surface area contributed by atoms with Gasteiger partial charge in [-0.2, -0.15) is 0 Å². The van der Waals surface area contributed by atoms with Crippen molar-refractivity contribution in [2.45, 2.75) is 33.2 Å². The number of aliphatic hydroxyl groups is 1. The Morgan fingerprint density at radius 1 is 1.62 bits per heavy atom. The number of rotatable bonds is 6. The van der Waals surface area contributed by atoms with Crippen molar-refractivity contribution < 1.29 is 5.11 Å². The van der Waals surface area contributed by atoms with E-state index in [0.29, 0.717) is 6.04 Å². The van der Waals surface area contributed by atoms with Crippen LogP contribution < -0.4 is 5.32 Å². The first kappa shape index (κ1) is 14.2. The van der Waals surface area contributed by atoms with E-state index in [0.717, 1.165) is 13.0 Å². The molecule has 92 valence electrons. The lowest BCUT2D eigenvalue weighted by Crippen LogP contribution is -2.35. The van der Waals surface area contributed by atoms with E-state index < -0.39 is 0 Å². The van der Waals surface area contributed by atoms with Crippen molar-refractivity contribution in [1.29, 1.82) is 0 Å². The maximum absolute atomic E-state index is 9.34. The molecule has 1 heterocycles. The van der Waals surface area contributed by atoms with Crippen molar-refractivity contribution in [1.82, 2.24) is 5.32 Å². The van der Waals surface area contributed by atoms with Gasteiger partial charge in [0.2, 0.25) is 0 Å². The molecular formula is C12H20BrNOS. The number of aliphatic hydroxyl groups excluding tert-OH is 1. The third kappa shape index (κ3) is 3.55. The van der Waals surface area contributed by atoms with Crippen LogP contribution in [0.1, 0.15) is 38.1 Å². The molecule has 0 aliphatic carbocycles. The van der Waals surface area contributed by atoms with E-state index in [1.807, 2.05) is 0 Å². The van der Waals surface area contributed by atoms with Gasteiger partial charge in [-0.05, 0) is 40.7 Å². The largest absolute Gasteiger partial charge is 0.396 e. The highest BCUT2D eigenvalue weighted by Crippen LogP contribution is 2.29. The smallest absolute Gasteiger partial charge is 0.0496 e. The molecule has 0 aliphatic heterocycles. The van der Waals surface area contributed by atoms with Crippen molar-refractivity contribution in [3.63, 3.8) is 0 Å². The summed E-state index contributed by atoms with van der Waals surface area (Å²) in [6, 6.07) is 2.40. The van der Waals surface area contributed by atoms with Crippen molar-refractivity contribution >= 4 is 27.3 Å². The maximum atomic E-state index is 9.34. The van der Waals surface area contributed by atoms with Gasteiger partial charge in [0.1, 0.15) is 0 Å². The van der Waals surface area contributed by atoms with Crippen LogP contribution in [-0.4, -0.2) is 18.3 Å². The molecule has 2 nitrogen and oxygen atoms in total. The third-order valence-corrected chi connectivity index (χ3v) is 5.16. The summed E-state index contributed by atoms with van der Waals surface area (Å²) >= 11 is 5.29. The van der Waals surface area contributed by atoms with E-state index in [1.165, 1.54) is 9.35 Å². The number of nitrogens with one attached hydrogen (secondary N) is 1. The van der Waals surface area contributed by atoms with Gasteiger partial charge in [0.25, 0.3) is 0 Å². The van der Waals surface area contributed by atoms with Crippen molar-refractivity contribution in [2.75, 3.05) is 13.2 Å². The van der Waals surface area contributed by atoms with Crippen LogP contribution in [0.15, 0.2) is 15.9 Å². The lowest BCUT2D eigenvalue weighted by Gasteiger charge is -2.28. The molecule has 0 bridgehead atoms. The second kappa shape index (κ2) is 6.15. The van der Waals surface area contributed by atoms with E-state index in [-0.39, 0.29) is 12.0 Å². The number of thiophene rings is 1. The molecule has 4 heteroatoms. The lowest BCUT2D eigenvalue weighted by molar-refractivity contribution is 0.132. The average molecular weight is 306 g/mol. The molecule has 1 aromatic rings. The van der Waals surface area contributed by atoms with Gasteiger partial charge in [-0.15, -0.1) is 11.3 Å². The molecule has 16 heavy (non-hydrogen) atoms. The Morgan fingerprint density at radius 3 is 2.75 bits per heavy atom. The van der Waals surface area contributed by atoms with Gasteiger partial charge in [0.15, 0.2) is 0 Å². The Labute approximate surface area is 110 Å². The van der Waals surface area contributed by atoms with E-state index in [4.69, 9.17) is 0 Å². The molecule has 0 fully saturated rings. The summed E-state index contributed by atoms with van der Waals surface area (Å²) in [6.07, 6.45) is 0.981. The zero-order chi connectivity index (χ0) is 12.2. The van der Waals surface area contributed by atoms with Crippen molar-refractivity contribution in [3.8, 4) is 0 Å². The Balaban J connectivity index is 2.53. The summed E-state index contributed by atoms with van der Waals surface area (Å²) in [5.41, 5.74) is -0.0159. The predicted molar refractivity (Wildman–Crippen MR) is 73.9 cm³/mol. The fourth-order valence-corrected chi connectivity index (χ4v) is 3.15. The van der Waals surface area contributed by atoms with Crippen LogP contribution in [0.25, 0.3) is 0 Å². The molecule has 1 aromatic heterocycles. The molecule has 0 amide bonds. The summed E-state index contributed by atoms with van der Waals surface area (Å²) in [7, 11) is 0. The standard InChI is InChI=1S/C12H20BrNOS/c1-4-12(3,8-15)7-14-9(2)11-10(13)5-6-16-11/h5-6,9,14-15H,4,7-8H2,1-3H3. The molecule has 2 atom stereocenters. The average Bonchev–Trinajstić information content (AvgIpc) is 2.72. The zero-order valence-corrected chi connectivity index (χ0v) is 12.5. The van der Waals surface area contributed by atoms with Gasteiger partial charge < -0.3 is 10.4 Å². The number of hydrogen-bond donors (Lipinski definition) is 2. The minimum atomic E-state index is -0.0159. The summed E-state index contributed by atoms with van der Waals surface area (Å²) in [5.74, 6) is 0. The first-order valence-corrected chi connectivity index (χ1v) is 7.27. The first-order valence-electron chi connectivity index (χ1n) is 5.59. The minimum absolute atomic E-state index is 0.0159. The normalized spacial score (nSPS) is 17.1. The minimum Gasteiger partial charge on any atom is -0.396 e. The molecule has 0 saturated carbocycles. The molecule has 0 aromatic carbocycles.